The van der Waals surface area contributed by atoms with Crippen molar-refractivity contribution in [1.82, 2.24) is 25.2 Å². The number of aromatic nitrogens is 5. The summed E-state index contributed by atoms with van der Waals surface area (Å²) in [6.07, 6.45) is 0. The number of nitrogens with one attached hydrogen (secondary N) is 2. The van der Waals surface area contributed by atoms with Crippen LogP contribution in [0.4, 0.5) is 5.82 Å². The number of H-pyrrole nitrogens is 1. The molecule has 2 rings (SSSR count). The van der Waals surface area contributed by atoms with Crippen LogP contribution < -0.4 is 10.3 Å². The van der Waals surface area contributed by atoms with Crippen LogP contribution in [0.25, 0.3) is 0 Å². The van der Waals surface area contributed by atoms with Crippen LogP contribution in [-0.4, -0.2) is 33.6 Å². The maximum Gasteiger partial charge on any atom is 0.283 e. The van der Waals surface area contributed by atoms with Crippen LogP contribution in [0.5, 0.6) is 0 Å². The molecule has 0 fully saturated rings. The smallest absolute Gasteiger partial charge is 0.268 e. The van der Waals surface area contributed by atoms with Crippen molar-refractivity contribution in [2.24, 2.45) is 7.05 Å². The van der Waals surface area contributed by atoms with Gasteiger partial charge in [0.1, 0.15) is 0 Å². The Bertz CT molecular complexity index is 696. The molecule has 0 saturated heterocycles. The lowest BCUT2D eigenvalue weighted by atomic mass is 10.5. The van der Waals surface area contributed by atoms with E-state index in [1.54, 1.807) is 0 Å². The van der Waals surface area contributed by atoms with E-state index in [1.807, 2.05) is 0 Å². The molecule has 0 aliphatic heterocycles. The molecule has 0 aliphatic rings. The van der Waals surface area contributed by atoms with Crippen LogP contribution >= 0.6 is 15.9 Å². The van der Waals surface area contributed by atoms with E-state index in [1.165, 1.54) is 13.1 Å². The molecule has 2 N–H and O–H groups in total. The van der Waals surface area contributed by atoms with E-state index in [-0.39, 0.29) is 15.4 Å². The molecule has 0 spiro atoms. The quantitative estimate of drug-likeness (QED) is 0.777. The third kappa shape index (κ3) is 2.41. The van der Waals surface area contributed by atoms with Crippen LogP contribution in [0, 0.1) is 0 Å². The zero-order chi connectivity index (χ0) is 13.3. The molecule has 96 valence electrons. The van der Waals surface area contributed by atoms with Gasteiger partial charge in [0, 0.05) is 13.1 Å². The minimum Gasteiger partial charge on any atom is -0.268 e. The molecule has 2 aromatic heterocycles. The van der Waals surface area contributed by atoms with Gasteiger partial charge in [-0.1, -0.05) is 5.21 Å². The van der Waals surface area contributed by atoms with Gasteiger partial charge in [0.05, 0.1) is 0 Å². The molecule has 0 bridgehead atoms. The van der Waals surface area contributed by atoms with Gasteiger partial charge in [-0.15, -0.1) is 5.10 Å². The Morgan fingerprint density at radius 2 is 2.17 bits per heavy atom. The Balaban J connectivity index is 2.39. The highest BCUT2D eigenvalue weighted by molar-refractivity contribution is 9.10. The molecule has 0 aromatic carbocycles. The van der Waals surface area contributed by atoms with Crippen molar-refractivity contribution in [2.45, 2.75) is 5.03 Å². The molecular formula is C7H7BrN6O3S. The predicted octanol–water partition coefficient (Wildman–Crippen LogP) is -0.538. The molecule has 0 saturated carbocycles. The summed E-state index contributed by atoms with van der Waals surface area (Å²) >= 11 is 2.99. The zero-order valence-corrected chi connectivity index (χ0v) is 11.4. The minimum absolute atomic E-state index is 0.0114. The highest BCUT2D eigenvalue weighted by atomic mass is 79.9. The standard InChI is InChI=1S/C7H7BrN6O3S/c1-14-7(6(8)11-13-14)18(16,17)12-4-2-3-5(15)10-9-4/h2-3H,1H3,(H,9,12)(H,10,15). The lowest BCUT2D eigenvalue weighted by molar-refractivity contribution is 0.578. The van der Waals surface area contributed by atoms with Crippen molar-refractivity contribution in [3.05, 3.63) is 27.1 Å². The second-order valence-corrected chi connectivity index (χ2v) is 5.57. The molecule has 0 atom stereocenters. The Morgan fingerprint density at radius 1 is 1.44 bits per heavy atom. The highest BCUT2D eigenvalue weighted by Crippen LogP contribution is 2.19. The topological polar surface area (TPSA) is 123 Å². The van der Waals surface area contributed by atoms with Crippen molar-refractivity contribution >= 4 is 31.8 Å². The molecular weight excluding hydrogens is 328 g/mol. The zero-order valence-electron chi connectivity index (χ0n) is 8.95. The van der Waals surface area contributed by atoms with Crippen molar-refractivity contribution in [2.75, 3.05) is 4.72 Å². The van der Waals surface area contributed by atoms with Crippen LogP contribution in [-0.2, 0) is 17.1 Å². The molecule has 0 unspecified atom stereocenters. The van der Waals surface area contributed by atoms with Gasteiger partial charge in [-0.2, -0.15) is 13.5 Å². The fraction of sp³-hybridized carbons (Fsp3) is 0.143. The molecule has 2 aromatic rings. The summed E-state index contributed by atoms with van der Waals surface area (Å²) in [5, 5.41) is 12.6. The summed E-state index contributed by atoms with van der Waals surface area (Å²) in [6.45, 7) is 0. The van der Waals surface area contributed by atoms with E-state index in [4.69, 9.17) is 0 Å². The summed E-state index contributed by atoms with van der Waals surface area (Å²) in [7, 11) is -2.45. The monoisotopic (exact) mass is 334 g/mol. The van der Waals surface area contributed by atoms with Gasteiger partial charge >= 0.3 is 0 Å². The van der Waals surface area contributed by atoms with Crippen molar-refractivity contribution in [3.63, 3.8) is 0 Å². The second kappa shape index (κ2) is 4.49. The molecule has 9 nitrogen and oxygen atoms in total. The molecule has 18 heavy (non-hydrogen) atoms. The lowest BCUT2D eigenvalue weighted by Crippen LogP contribution is -2.19. The maximum absolute atomic E-state index is 12.0. The number of aromatic amines is 1. The number of hydrogen-bond acceptors (Lipinski definition) is 6. The molecule has 0 amide bonds. The summed E-state index contributed by atoms with van der Waals surface area (Å²) in [5.41, 5.74) is -0.429. The van der Waals surface area contributed by atoms with E-state index in [0.29, 0.717) is 0 Å². The average molecular weight is 335 g/mol. The average Bonchev–Trinajstić information content (AvgIpc) is 2.62. The molecule has 0 radical (unpaired) electrons. The van der Waals surface area contributed by atoms with Gasteiger partial charge in [0.25, 0.3) is 15.6 Å². The Labute approximate surface area is 109 Å². The van der Waals surface area contributed by atoms with E-state index in [9.17, 15) is 13.2 Å². The number of anilines is 1. The van der Waals surface area contributed by atoms with Gasteiger partial charge in [-0.05, 0) is 22.0 Å². The lowest BCUT2D eigenvalue weighted by Gasteiger charge is -2.06. The van der Waals surface area contributed by atoms with E-state index >= 15 is 0 Å². The molecule has 2 heterocycles. The predicted molar refractivity (Wildman–Crippen MR) is 64.4 cm³/mol. The number of aryl methyl sites for hydroxylation is 1. The van der Waals surface area contributed by atoms with Crippen molar-refractivity contribution in [3.8, 4) is 0 Å². The maximum atomic E-state index is 12.0. The Morgan fingerprint density at radius 3 is 2.67 bits per heavy atom. The first kappa shape index (κ1) is 12.7. The van der Waals surface area contributed by atoms with Crippen molar-refractivity contribution in [1.29, 1.82) is 0 Å². The summed E-state index contributed by atoms with van der Waals surface area (Å²) in [5.74, 6) is -0.0114. The summed E-state index contributed by atoms with van der Waals surface area (Å²) < 4.78 is 27.4. The van der Waals surface area contributed by atoms with Gasteiger partial charge in [0.2, 0.25) is 5.03 Å². The van der Waals surface area contributed by atoms with E-state index in [0.717, 1.165) is 10.7 Å². The van der Waals surface area contributed by atoms with Crippen LogP contribution in [0.2, 0.25) is 0 Å². The first-order chi connectivity index (χ1) is 8.40. The molecule has 0 aliphatic carbocycles. The highest BCUT2D eigenvalue weighted by Gasteiger charge is 2.24. The van der Waals surface area contributed by atoms with E-state index in [2.05, 4.69) is 41.2 Å². The SMILES string of the molecule is Cn1nnc(Br)c1S(=O)(=O)Nc1ccc(=O)[nH]n1. The van der Waals surface area contributed by atoms with Crippen LogP contribution in [0.15, 0.2) is 26.6 Å². The van der Waals surface area contributed by atoms with Crippen LogP contribution in [0.3, 0.4) is 0 Å². The number of halogens is 1. The van der Waals surface area contributed by atoms with Crippen molar-refractivity contribution < 1.29 is 8.42 Å². The van der Waals surface area contributed by atoms with Gasteiger partial charge in [0.15, 0.2) is 10.4 Å². The Hall–Kier alpha value is -1.75. The van der Waals surface area contributed by atoms with Gasteiger partial charge < -0.3 is 0 Å². The van der Waals surface area contributed by atoms with Gasteiger partial charge in [-0.25, -0.2) is 9.78 Å². The third-order valence-electron chi connectivity index (χ3n) is 1.91. The number of hydrogen-bond donors (Lipinski definition) is 2. The number of nitrogens with zero attached hydrogens (tertiary/aromatic N) is 4. The first-order valence-electron chi connectivity index (χ1n) is 4.54. The number of sulfonamides is 1. The second-order valence-electron chi connectivity index (χ2n) is 3.22. The largest absolute Gasteiger partial charge is 0.283 e. The minimum atomic E-state index is -3.89. The molecule has 11 heteroatoms. The Kier molecular flexibility index (Phi) is 3.17. The van der Waals surface area contributed by atoms with Crippen LogP contribution in [0.1, 0.15) is 0 Å². The van der Waals surface area contributed by atoms with Gasteiger partial charge in [-0.3, -0.25) is 9.52 Å². The fourth-order valence-electron chi connectivity index (χ4n) is 1.20. The number of rotatable bonds is 3. The normalized spacial score (nSPS) is 11.4. The fourth-order valence-corrected chi connectivity index (χ4v) is 3.29. The summed E-state index contributed by atoms with van der Waals surface area (Å²) in [6, 6.07) is 2.40. The first-order valence-corrected chi connectivity index (χ1v) is 6.81. The summed E-state index contributed by atoms with van der Waals surface area (Å²) in [4.78, 5) is 10.8. The van der Waals surface area contributed by atoms with E-state index < -0.39 is 15.6 Å². The third-order valence-corrected chi connectivity index (χ3v) is 4.15.